The van der Waals surface area contributed by atoms with Crippen molar-refractivity contribution < 1.29 is 9.66 Å². The van der Waals surface area contributed by atoms with Crippen LogP contribution in [0, 0.1) is 17.0 Å². The van der Waals surface area contributed by atoms with Crippen molar-refractivity contribution in [1.82, 2.24) is 0 Å². The van der Waals surface area contributed by atoms with Crippen LogP contribution in [0.15, 0.2) is 42.5 Å². The normalized spacial score (nSPS) is 12.0. The fourth-order valence-electron chi connectivity index (χ4n) is 2.01. The Morgan fingerprint density at radius 2 is 1.90 bits per heavy atom. The van der Waals surface area contributed by atoms with E-state index < -0.39 is 4.92 Å². The Morgan fingerprint density at radius 1 is 1.24 bits per heavy atom. The molecule has 0 amide bonds. The van der Waals surface area contributed by atoms with Gasteiger partial charge in [0, 0.05) is 18.2 Å². The van der Waals surface area contributed by atoms with Gasteiger partial charge in [-0.2, -0.15) is 0 Å². The van der Waals surface area contributed by atoms with Crippen LogP contribution in [0.4, 0.5) is 5.69 Å². The maximum absolute atomic E-state index is 10.7. The van der Waals surface area contributed by atoms with E-state index in [-0.39, 0.29) is 11.7 Å². The topological polar surface area (TPSA) is 78.4 Å². The number of hydrogen-bond acceptors (Lipinski definition) is 4. The molecule has 0 unspecified atom stereocenters. The second-order valence-corrected chi connectivity index (χ2v) is 4.89. The molecule has 0 radical (unpaired) electrons. The van der Waals surface area contributed by atoms with Gasteiger partial charge < -0.3 is 10.5 Å². The van der Waals surface area contributed by atoms with E-state index in [1.54, 1.807) is 13.0 Å². The average Bonchev–Trinajstić information content (AvgIpc) is 2.49. The fraction of sp³-hybridized carbons (Fsp3) is 0.250. The third-order valence-electron chi connectivity index (χ3n) is 3.35. The minimum atomic E-state index is -0.419. The van der Waals surface area contributed by atoms with Gasteiger partial charge in [-0.05, 0) is 42.7 Å². The number of rotatable bonds is 5. The Morgan fingerprint density at radius 3 is 2.43 bits per heavy atom. The average molecular weight is 286 g/mol. The lowest BCUT2D eigenvalue weighted by Crippen LogP contribution is -2.08. The lowest BCUT2D eigenvalue weighted by molar-refractivity contribution is -0.384. The summed E-state index contributed by atoms with van der Waals surface area (Å²) in [4.78, 5) is 10.3. The fourth-order valence-corrected chi connectivity index (χ4v) is 2.01. The first kappa shape index (κ1) is 15.0. The molecule has 2 aromatic rings. The molecule has 2 N–H and O–H groups in total. The van der Waals surface area contributed by atoms with Crippen LogP contribution in [0.1, 0.15) is 30.5 Å². The van der Waals surface area contributed by atoms with Crippen LogP contribution in [0.2, 0.25) is 0 Å². The second kappa shape index (κ2) is 6.37. The van der Waals surface area contributed by atoms with Gasteiger partial charge in [-0.3, -0.25) is 10.1 Å². The molecule has 21 heavy (non-hydrogen) atoms. The van der Waals surface area contributed by atoms with Gasteiger partial charge in [-0.25, -0.2) is 0 Å². The molecule has 110 valence electrons. The number of nitro groups is 1. The summed E-state index contributed by atoms with van der Waals surface area (Å²) in [5.41, 5.74) is 7.80. The zero-order chi connectivity index (χ0) is 15.4. The van der Waals surface area contributed by atoms with E-state index in [9.17, 15) is 10.1 Å². The molecule has 0 aromatic heterocycles. The van der Waals surface area contributed by atoms with Crippen LogP contribution in [0.5, 0.6) is 11.5 Å². The first-order valence-electron chi connectivity index (χ1n) is 6.79. The van der Waals surface area contributed by atoms with Gasteiger partial charge in [0.15, 0.2) is 0 Å². The van der Waals surface area contributed by atoms with E-state index in [1.165, 1.54) is 12.1 Å². The largest absolute Gasteiger partial charge is 0.457 e. The van der Waals surface area contributed by atoms with Crippen molar-refractivity contribution >= 4 is 5.69 Å². The Labute approximate surface area is 123 Å². The van der Waals surface area contributed by atoms with Crippen molar-refractivity contribution in [2.24, 2.45) is 5.73 Å². The van der Waals surface area contributed by atoms with Crippen LogP contribution in [0.25, 0.3) is 0 Å². The maximum atomic E-state index is 10.7. The van der Waals surface area contributed by atoms with Gasteiger partial charge in [-0.15, -0.1) is 0 Å². The molecular formula is C16H18N2O3. The number of ether oxygens (including phenoxy) is 1. The van der Waals surface area contributed by atoms with E-state index >= 15 is 0 Å². The molecule has 1 atom stereocenters. The number of non-ortho nitro benzene ring substituents is 1. The van der Waals surface area contributed by atoms with Gasteiger partial charge >= 0.3 is 0 Å². The van der Waals surface area contributed by atoms with Crippen molar-refractivity contribution in [2.45, 2.75) is 26.3 Å². The Kier molecular flexibility index (Phi) is 4.55. The molecule has 0 aliphatic rings. The zero-order valence-corrected chi connectivity index (χ0v) is 12.1. The van der Waals surface area contributed by atoms with E-state index in [0.29, 0.717) is 11.5 Å². The quantitative estimate of drug-likeness (QED) is 0.662. The molecule has 0 aliphatic carbocycles. The van der Waals surface area contributed by atoms with Crippen molar-refractivity contribution in [3.8, 4) is 11.5 Å². The Balaban J connectivity index is 2.16. The van der Waals surface area contributed by atoms with Gasteiger partial charge in [0.05, 0.1) is 4.92 Å². The van der Waals surface area contributed by atoms with Crippen LogP contribution in [-0.2, 0) is 0 Å². The maximum Gasteiger partial charge on any atom is 0.269 e. The molecule has 5 nitrogen and oxygen atoms in total. The molecule has 0 aliphatic heterocycles. The van der Waals surface area contributed by atoms with Crippen molar-refractivity contribution in [3.63, 3.8) is 0 Å². The highest BCUT2D eigenvalue weighted by atomic mass is 16.6. The van der Waals surface area contributed by atoms with Gasteiger partial charge in [0.2, 0.25) is 0 Å². The predicted octanol–water partition coefficient (Wildman–Crippen LogP) is 4.11. The van der Waals surface area contributed by atoms with Crippen molar-refractivity contribution in [2.75, 3.05) is 0 Å². The van der Waals surface area contributed by atoms with Gasteiger partial charge in [0.25, 0.3) is 5.69 Å². The zero-order valence-electron chi connectivity index (χ0n) is 12.1. The molecule has 0 fully saturated rings. The summed E-state index contributed by atoms with van der Waals surface area (Å²) in [6.07, 6.45) is 0.877. The van der Waals surface area contributed by atoms with E-state index in [0.717, 1.165) is 17.5 Å². The molecule has 0 heterocycles. The summed E-state index contributed by atoms with van der Waals surface area (Å²) in [5, 5.41) is 10.7. The lowest BCUT2D eigenvalue weighted by Gasteiger charge is -2.11. The first-order chi connectivity index (χ1) is 10.0. The van der Waals surface area contributed by atoms with Crippen LogP contribution in [-0.4, -0.2) is 4.92 Å². The molecule has 2 aromatic carbocycles. The summed E-state index contributed by atoms with van der Waals surface area (Å²) in [6.45, 7) is 3.82. The highest BCUT2D eigenvalue weighted by molar-refractivity contribution is 5.45. The van der Waals surface area contributed by atoms with Gasteiger partial charge in [0.1, 0.15) is 11.5 Å². The van der Waals surface area contributed by atoms with Crippen LogP contribution in [0.3, 0.4) is 0 Å². The summed E-state index contributed by atoms with van der Waals surface area (Å²) in [5.74, 6) is 1.28. The highest BCUT2D eigenvalue weighted by Gasteiger charge is 2.10. The summed E-state index contributed by atoms with van der Waals surface area (Å²) < 4.78 is 5.75. The van der Waals surface area contributed by atoms with E-state index in [1.807, 2.05) is 31.2 Å². The molecule has 0 saturated heterocycles. The first-order valence-corrected chi connectivity index (χ1v) is 6.79. The number of nitrogens with two attached hydrogens (primary N) is 1. The molecule has 0 saturated carbocycles. The van der Waals surface area contributed by atoms with E-state index in [4.69, 9.17) is 10.5 Å². The monoisotopic (exact) mass is 286 g/mol. The third-order valence-corrected chi connectivity index (χ3v) is 3.35. The number of hydrogen-bond donors (Lipinski definition) is 1. The van der Waals surface area contributed by atoms with E-state index in [2.05, 4.69) is 0 Å². The number of nitrogens with zero attached hydrogens (tertiary/aromatic N) is 1. The molecule has 5 heteroatoms. The minimum absolute atomic E-state index is 0.0279. The molecule has 0 spiro atoms. The van der Waals surface area contributed by atoms with Gasteiger partial charge in [-0.1, -0.05) is 19.1 Å². The highest BCUT2D eigenvalue weighted by Crippen LogP contribution is 2.28. The number of nitro benzene ring substituents is 1. The number of benzene rings is 2. The predicted molar refractivity (Wildman–Crippen MR) is 81.6 cm³/mol. The van der Waals surface area contributed by atoms with Crippen LogP contribution < -0.4 is 10.5 Å². The standard InChI is InChI=1S/C16H18N2O3/c1-3-15(17)12-4-7-14(8-5-12)21-16-9-6-13(18(19)20)10-11(16)2/h4-10,15H,3,17H2,1-2H3/t15-/m1/s1. The molecule has 2 rings (SSSR count). The summed E-state index contributed by atoms with van der Waals surface area (Å²) in [7, 11) is 0. The van der Waals surface area contributed by atoms with Crippen molar-refractivity contribution in [3.05, 3.63) is 63.7 Å². The SMILES string of the molecule is CC[C@@H](N)c1ccc(Oc2ccc([N+](=O)[O-])cc2C)cc1. The Hall–Kier alpha value is -2.40. The minimum Gasteiger partial charge on any atom is -0.457 e. The summed E-state index contributed by atoms with van der Waals surface area (Å²) >= 11 is 0. The smallest absolute Gasteiger partial charge is 0.269 e. The van der Waals surface area contributed by atoms with Crippen LogP contribution >= 0.6 is 0 Å². The lowest BCUT2D eigenvalue weighted by atomic mass is 10.1. The molecule has 0 bridgehead atoms. The summed E-state index contributed by atoms with van der Waals surface area (Å²) in [6, 6.07) is 12.1. The Bertz CT molecular complexity index is 638. The molecular weight excluding hydrogens is 268 g/mol. The second-order valence-electron chi connectivity index (χ2n) is 4.89. The number of aryl methyl sites for hydroxylation is 1. The van der Waals surface area contributed by atoms with Crippen molar-refractivity contribution in [1.29, 1.82) is 0 Å². The third kappa shape index (κ3) is 3.58.